The van der Waals surface area contributed by atoms with Crippen LogP contribution in [0.25, 0.3) is 11.4 Å². The van der Waals surface area contributed by atoms with Gasteiger partial charge in [0.25, 0.3) is 5.69 Å². The number of nitro groups is 1. The first kappa shape index (κ1) is 18.7. The van der Waals surface area contributed by atoms with Gasteiger partial charge in [-0.25, -0.2) is 9.97 Å². The number of benzene rings is 2. The SMILES string of the molecule is CC(=NNc1cc(C)nc(-c2ccc(Br)cc2)n1)c1cccc([N+](=O)[O-])c1. The maximum atomic E-state index is 10.9. The van der Waals surface area contributed by atoms with Crippen LogP contribution >= 0.6 is 15.9 Å². The lowest BCUT2D eigenvalue weighted by Gasteiger charge is -2.07. The predicted molar refractivity (Wildman–Crippen MR) is 109 cm³/mol. The summed E-state index contributed by atoms with van der Waals surface area (Å²) in [6.07, 6.45) is 0. The fourth-order valence-electron chi connectivity index (χ4n) is 2.40. The zero-order chi connectivity index (χ0) is 19.4. The number of anilines is 1. The first-order valence-corrected chi connectivity index (χ1v) is 8.88. The minimum Gasteiger partial charge on any atom is -0.261 e. The normalized spacial score (nSPS) is 11.3. The molecule has 3 aromatic rings. The summed E-state index contributed by atoms with van der Waals surface area (Å²) in [5.74, 6) is 1.14. The van der Waals surface area contributed by atoms with E-state index in [0.717, 1.165) is 15.7 Å². The van der Waals surface area contributed by atoms with Crippen LogP contribution in [0.2, 0.25) is 0 Å². The van der Waals surface area contributed by atoms with Gasteiger partial charge in [0.15, 0.2) is 11.6 Å². The summed E-state index contributed by atoms with van der Waals surface area (Å²) < 4.78 is 0.981. The molecule has 0 fully saturated rings. The van der Waals surface area contributed by atoms with Crippen LogP contribution in [0.5, 0.6) is 0 Å². The molecule has 136 valence electrons. The number of nitrogens with zero attached hydrogens (tertiary/aromatic N) is 4. The molecule has 0 aliphatic rings. The summed E-state index contributed by atoms with van der Waals surface area (Å²) in [7, 11) is 0. The molecule has 2 aromatic carbocycles. The van der Waals surface area contributed by atoms with Gasteiger partial charge in [-0.15, -0.1) is 0 Å². The predicted octanol–water partition coefficient (Wildman–Crippen LogP) is 4.96. The molecule has 0 spiro atoms. The highest BCUT2D eigenvalue weighted by molar-refractivity contribution is 9.10. The third-order valence-electron chi connectivity index (χ3n) is 3.77. The highest BCUT2D eigenvalue weighted by Crippen LogP contribution is 2.21. The van der Waals surface area contributed by atoms with E-state index in [1.807, 2.05) is 31.2 Å². The van der Waals surface area contributed by atoms with E-state index >= 15 is 0 Å². The van der Waals surface area contributed by atoms with Gasteiger partial charge < -0.3 is 0 Å². The minimum absolute atomic E-state index is 0.0254. The average molecular weight is 426 g/mol. The highest BCUT2D eigenvalue weighted by atomic mass is 79.9. The Morgan fingerprint density at radius 3 is 2.59 bits per heavy atom. The monoisotopic (exact) mass is 425 g/mol. The van der Waals surface area contributed by atoms with E-state index in [9.17, 15) is 10.1 Å². The van der Waals surface area contributed by atoms with E-state index in [1.54, 1.807) is 25.1 Å². The van der Waals surface area contributed by atoms with Crippen molar-refractivity contribution in [2.75, 3.05) is 5.43 Å². The second-order valence-electron chi connectivity index (χ2n) is 5.84. The van der Waals surface area contributed by atoms with Gasteiger partial charge in [-0.05, 0) is 26.0 Å². The van der Waals surface area contributed by atoms with Gasteiger partial charge in [-0.1, -0.05) is 40.2 Å². The molecule has 0 saturated heterocycles. The van der Waals surface area contributed by atoms with Crippen LogP contribution in [0.4, 0.5) is 11.5 Å². The van der Waals surface area contributed by atoms with Crippen LogP contribution in [-0.2, 0) is 0 Å². The molecule has 0 bridgehead atoms. The Hall–Kier alpha value is -3.13. The third-order valence-corrected chi connectivity index (χ3v) is 4.30. The summed E-state index contributed by atoms with van der Waals surface area (Å²) >= 11 is 3.41. The number of hydrogen-bond acceptors (Lipinski definition) is 6. The van der Waals surface area contributed by atoms with Crippen LogP contribution in [0.1, 0.15) is 18.2 Å². The molecule has 1 heterocycles. The van der Waals surface area contributed by atoms with Gasteiger partial charge in [0.05, 0.1) is 10.6 Å². The lowest BCUT2D eigenvalue weighted by molar-refractivity contribution is -0.384. The molecule has 0 radical (unpaired) electrons. The number of nitro benzene ring substituents is 1. The molecule has 0 aliphatic heterocycles. The van der Waals surface area contributed by atoms with E-state index in [0.29, 0.717) is 22.9 Å². The molecule has 27 heavy (non-hydrogen) atoms. The molecule has 0 amide bonds. The fourth-order valence-corrected chi connectivity index (χ4v) is 2.67. The maximum Gasteiger partial charge on any atom is 0.270 e. The second kappa shape index (κ2) is 8.05. The molecule has 0 unspecified atom stereocenters. The minimum atomic E-state index is -0.428. The van der Waals surface area contributed by atoms with E-state index < -0.39 is 4.92 Å². The Labute approximate surface area is 164 Å². The molecule has 0 aliphatic carbocycles. The van der Waals surface area contributed by atoms with Crippen molar-refractivity contribution in [3.05, 3.63) is 80.4 Å². The summed E-state index contributed by atoms with van der Waals surface area (Å²) in [6.45, 7) is 3.65. The number of non-ortho nitro benzene ring substituents is 1. The zero-order valence-electron chi connectivity index (χ0n) is 14.7. The largest absolute Gasteiger partial charge is 0.270 e. The summed E-state index contributed by atoms with van der Waals surface area (Å²) in [6, 6.07) is 15.8. The van der Waals surface area contributed by atoms with Gasteiger partial charge in [0.2, 0.25) is 0 Å². The van der Waals surface area contributed by atoms with Crippen molar-refractivity contribution in [2.45, 2.75) is 13.8 Å². The molecule has 1 aromatic heterocycles. The van der Waals surface area contributed by atoms with Crippen LogP contribution in [-0.4, -0.2) is 20.6 Å². The van der Waals surface area contributed by atoms with Crippen molar-refractivity contribution < 1.29 is 4.92 Å². The van der Waals surface area contributed by atoms with E-state index in [-0.39, 0.29) is 5.69 Å². The highest BCUT2D eigenvalue weighted by Gasteiger charge is 2.08. The standard InChI is InChI=1S/C19H16BrN5O2/c1-12-10-18(22-19(21-12)14-6-8-16(20)9-7-14)24-23-13(2)15-4-3-5-17(11-15)25(26)27/h3-11H,1-2H3,(H,21,22,24). The van der Waals surface area contributed by atoms with Crippen molar-refractivity contribution >= 4 is 33.1 Å². The van der Waals surface area contributed by atoms with Gasteiger partial charge in [0, 0.05) is 39.5 Å². The lowest BCUT2D eigenvalue weighted by Crippen LogP contribution is -2.03. The van der Waals surface area contributed by atoms with Crippen molar-refractivity contribution in [1.82, 2.24) is 9.97 Å². The van der Waals surface area contributed by atoms with Gasteiger partial charge in [-0.3, -0.25) is 15.5 Å². The van der Waals surface area contributed by atoms with Gasteiger partial charge in [0.1, 0.15) is 0 Å². The second-order valence-corrected chi connectivity index (χ2v) is 6.76. The van der Waals surface area contributed by atoms with E-state index in [1.165, 1.54) is 12.1 Å². The Morgan fingerprint density at radius 2 is 1.89 bits per heavy atom. The molecule has 8 heteroatoms. The van der Waals surface area contributed by atoms with E-state index in [2.05, 4.69) is 36.4 Å². The number of nitrogens with one attached hydrogen (secondary N) is 1. The number of halogens is 1. The Kier molecular flexibility index (Phi) is 5.56. The molecule has 0 saturated carbocycles. The first-order valence-electron chi connectivity index (χ1n) is 8.09. The van der Waals surface area contributed by atoms with Crippen LogP contribution in [0, 0.1) is 17.0 Å². The number of rotatable bonds is 5. The molecule has 3 rings (SSSR count). The average Bonchev–Trinajstić information content (AvgIpc) is 2.66. The van der Waals surface area contributed by atoms with Crippen molar-refractivity contribution in [3.63, 3.8) is 0 Å². The number of aryl methyl sites for hydroxylation is 1. The molecule has 7 nitrogen and oxygen atoms in total. The van der Waals surface area contributed by atoms with Gasteiger partial charge in [-0.2, -0.15) is 5.10 Å². The molecule has 1 N–H and O–H groups in total. The number of aromatic nitrogens is 2. The van der Waals surface area contributed by atoms with Crippen molar-refractivity contribution in [1.29, 1.82) is 0 Å². The van der Waals surface area contributed by atoms with E-state index in [4.69, 9.17) is 0 Å². The molecular weight excluding hydrogens is 410 g/mol. The summed E-state index contributed by atoms with van der Waals surface area (Å²) in [5.41, 5.74) is 5.90. The topological polar surface area (TPSA) is 93.3 Å². The van der Waals surface area contributed by atoms with Crippen LogP contribution in [0.15, 0.2) is 64.2 Å². The lowest BCUT2D eigenvalue weighted by atomic mass is 10.1. The zero-order valence-corrected chi connectivity index (χ0v) is 16.3. The maximum absolute atomic E-state index is 10.9. The number of hydrazone groups is 1. The Bertz CT molecular complexity index is 1020. The first-order chi connectivity index (χ1) is 12.9. The smallest absolute Gasteiger partial charge is 0.261 e. The van der Waals surface area contributed by atoms with Crippen LogP contribution in [0.3, 0.4) is 0 Å². The quantitative estimate of drug-likeness (QED) is 0.354. The summed E-state index contributed by atoms with van der Waals surface area (Å²) in [4.78, 5) is 19.4. The van der Waals surface area contributed by atoms with Crippen molar-refractivity contribution in [3.8, 4) is 11.4 Å². The number of hydrogen-bond donors (Lipinski definition) is 1. The van der Waals surface area contributed by atoms with Crippen LogP contribution < -0.4 is 5.43 Å². The molecular formula is C19H16BrN5O2. The Balaban J connectivity index is 1.85. The fraction of sp³-hybridized carbons (Fsp3) is 0.105. The van der Waals surface area contributed by atoms with Crippen molar-refractivity contribution in [2.24, 2.45) is 5.10 Å². The Morgan fingerprint density at radius 1 is 1.15 bits per heavy atom. The molecule has 0 atom stereocenters. The third kappa shape index (κ3) is 4.73. The van der Waals surface area contributed by atoms with Gasteiger partial charge >= 0.3 is 0 Å². The summed E-state index contributed by atoms with van der Waals surface area (Å²) in [5, 5.41) is 15.2.